The van der Waals surface area contributed by atoms with E-state index in [2.05, 4.69) is 16.0 Å². The van der Waals surface area contributed by atoms with Crippen LogP contribution in [0, 0.1) is 0 Å². The van der Waals surface area contributed by atoms with E-state index in [1.807, 2.05) is 0 Å². The maximum absolute atomic E-state index is 11.8. The second-order valence-electron chi connectivity index (χ2n) is 5.48. The van der Waals surface area contributed by atoms with Crippen LogP contribution in [-0.4, -0.2) is 71.7 Å². The van der Waals surface area contributed by atoms with E-state index in [-0.39, 0.29) is 0 Å². The molecule has 0 radical (unpaired) electrons. The Hall–Kier alpha value is -2.24. The monoisotopic (exact) mass is 361 g/mol. The highest BCUT2D eigenvalue weighted by Crippen LogP contribution is 1.97. The summed E-state index contributed by atoms with van der Waals surface area (Å²) in [5.74, 6) is -3.35. The first kappa shape index (κ1) is 22.8. The predicted octanol–water partition coefficient (Wildman–Crippen LogP) is -3.37. The molecule has 0 saturated heterocycles. The van der Waals surface area contributed by atoms with Crippen molar-refractivity contribution in [2.45, 2.75) is 44.3 Å². The van der Waals surface area contributed by atoms with Crippen molar-refractivity contribution in [3.05, 3.63) is 0 Å². The van der Waals surface area contributed by atoms with Crippen LogP contribution in [0.5, 0.6) is 0 Å². The Balaban J connectivity index is 4.30. The van der Waals surface area contributed by atoms with Gasteiger partial charge in [0.05, 0.1) is 19.2 Å². The van der Waals surface area contributed by atoms with Crippen molar-refractivity contribution >= 4 is 23.7 Å². The molecule has 0 saturated carbocycles. The molecule has 0 bridgehead atoms. The average Bonchev–Trinajstić information content (AvgIpc) is 2.57. The quantitative estimate of drug-likeness (QED) is 0.175. The first-order chi connectivity index (χ1) is 11.7. The number of aliphatic carboxylic acids is 1. The number of carbonyl (C=O) groups is 4. The predicted molar refractivity (Wildman–Crippen MR) is 88.1 cm³/mol. The summed E-state index contributed by atoms with van der Waals surface area (Å²) < 4.78 is 0. The van der Waals surface area contributed by atoms with Gasteiger partial charge < -0.3 is 37.6 Å². The van der Waals surface area contributed by atoms with Crippen LogP contribution in [0.3, 0.4) is 0 Å². The van der Waals surface area contributed by atoms with Gasteiger partial charge in [0, 0.05) is 0 Å². The number of nitrogens with two attached hydrogens (primary N) is 2. The van der Waals surface area contributed by atoms with Gasteiger partial charge in [0.15, 0.2) is 0 Å². The number of carboxylic acid groups (broad SMARTS) is 1. The minimum Gasteiger partial charge on any atom is -0.480 e. The van der Waals surface area contributed by atoms with Crippen LogP contribution in [0.4, 0.5) is 0 Å². The van der Waals surface area contributed by atoms with Crippen LogP contribution in [0.25, 0.3) is 0 Å². The van der Waals surface area contributed by atoms with Gasteiger partial charge in [-0.1, -0.05) is 6.42 Å². The smallest absolute Gasteiger partial charge is 0.325 e. The van der Waals surface area contributed by atoms with Crippen LogP contribution in [0.2, 0.25) is 0 Å². The molecule has 11 nitrogen and oxygen atoms in total. The maximum atomic E-state index is 11.8. The lowest BCUT2D eigenvalue weighted by Crippen LogP contribution is -2.54. The summed E-state index contributed by atoms with van der Waals surface area (Å²) in [7, 11) is 0. The highest BCUT2D eigenvalue weighted by molar-refractivity contribution is 5.92. The van der Waals surface area contributed by atoms with Crippen LogP contribution in [-0.2, 0) is 19.2 Å². The molecule has 25 heavy (non-hydrogen) atoms. The summed E-state index contributed by atoms with van der Waals surface area (Å²) >= 11 is 0. The standard InChI is InChI=1S/C14H27N5O6/c1-8(14(24)25)18-13(23)10(7-20)19-11(21)6-17-12(22)9(16)4-2-3-5-15/h8-10,20H,2-7,15-16H2,1H3,(H,17,22)(H,18,23)(H,19,21)(H,24,25). The summed E-state index contributed by atoms with van der Waals surface area (Å²) in [6.45, 7) is 0.586. The minimum atomic E-state index is -1.33. The highest BCUT2D eigenvalue weighted by atomic mass is 16.4. The minimum absolute atomic E-state index is 0.429. The number of aliphatic hydroxyl groups excluding tert-OH is 1. The van der Waals surface area contributed by atoms with Crippen molar-refractivity contribution in [1.29, 1.82) is 0 Å². The molecule has 0 rings (SSSR count). The van der Waals surface area contributed by atoms with Gasteiger partial charge in [0.1, 0.15) is 12.1 Å². The molecule has 3 atom stereocenters. The number of nitrogens with one attached hydrogen (secondary N) is 3. The molecule has 0 aliphatic rings. The van der Waals surface area contributed by atoms with E-state index in [1.165, 1.54) is 6.92 Å². The largest absolute Gasteiger partial charge is 0.480 e. The number of unbranched alkanes of at least 4 members (excludes halogenated alkanes) is 1. The van der Waals surface area contributed by atoms with Crippen molar-refractivity contribution in [1.82, 2.24) is 16.0 Å². The second-order valence-corrected chi connectivity index (χ2v) is 5.48. The SMILES string of the molecule is CC(NC(=O)C(CO)NC(=O)CNC(=O)C(N)CCCCN)C(=O)O. The number of aliphatic hydroxyl groups is 1. The fourth-order valence-electron chi connectivity index (χ4n) is 1.75. The van der Waals surface area contributed by atoms with Gasteiger partial charge >= 0.3 is 5.97 Å². The second kappa shape index (κ2) is 12.2. The van der Waals surface area contributed by atoms with Gasteiger partial charge in [-0.3, -0.25) is 19.2 Å². The van der Waals surface area contributed by atoms with Crippen LogP contribution in [0.15, 0.2) is 0 Å². The molecular weight excluding hydrogens is 334 g/mol. The average molecular weight is 361 g/mol. The van der Waals surface area contributed by atoms with Gasteiger partial charge in [-0.15, -0.1) is 0 Å². The van der Waals surface area contributed by atoms with Crippen molar-refractivity contribution in [3.63, 3.8) is 0 Å². The van der Waals surface area contributed by atoms with Gasteiger partial charge in [0.25, 0.3) is 0 Å². The lowest BCUT2D eigenvalue weighted by Gasteiger charge is -2.18. The molecule has 3 unspecified atom stereocenters. The van der Waals surface area contributed by atoms with Crippen LogP contribution >= 0.6 is 0 Å². The molecule has 0 fully saturated rings. The molecule has 0 aromatic carbocycles. The van der Waals surface area contributed by atoms with E-state index in [4.69, 9.17) is 21.7 Å². The zero-order valence-corrected chi connectivity index (χ0v) is 14.2. The van der Waals surface area contributed by atoms with Crippen molar-refractivity contribution in [3.8, 4) is 0 Å². The number of amides is 3. The third-order valence-corrected chi connectivity index (χ3v) is 3.29. The van der Waals surface area contributed by atoms with Gasteiger partial charge in [-0.25, -0.2) is 0 Å². The van der Waals surface area contributed by atoms with E-state index in [9.17, 15) is 19.2 Å². The molecule has 9 N–H and O–H groups in total. The van der Waals surface area contributed by atoms with E-state index >= 15 is 0 Å². The summed E-state index contributed by atoms with van der Waals surface area (Å²) in [4.78, 5) is 45.9. The van der Waals surface area contributed by atoms with Gasteiger partial charge in [-0.05, 0) is 26.3 Å². The van der Waals surface area contributed by atoms with Crippen LogP contribution in [0.1, 0.15) is 26.2 Å². The maximum Gasteiger partial charge on any atom is 0.325 e. The lowest BCUT2D eigenvalue weighted by molar-refractivity contribution is -0.142. The number of hydrogen-bond donors (Lipinski definition) is 7. The van der Waals surface area contributed by atoms with E-state index in [0.29, 0.717) is 19.4 Å². The fourth-order valence-corrected chi connectivity index (χ4v) is 1.75. The molecule has 0 aromatic heterocycles. The summed E-state index contributed by atoms with van der Waals surface area (Å²) in [5, 5.41) is 24.5. The topological polar surface area (TPSA) is 197 Å². The number of hydrogen-bond acceptors (Lipinski definition) is 7. The number of carboxylic acids is 1. The van der Waals surface area contributed by atoms with E-state index in [0.717, 1.165) is 6.42 Å². The molecule has 0 heterocycles. The van der Waals surface area contributed by atoms with Gasteiger partial charge in [-0.2, -0.15) is 0 Å². The lowest BCUT2D eigenvalue weighted by atomic mass is 10.1. The summed E-state index contributed by atoms with van der Waals surface area (Å²) in [6.07, 6.45) is 1.86. The Morgan fingerprint density at radius 2 is 1.72 bits per heavy atom. The molecule has 144 valence electrons. The molecule has 0 aliphatic carbocycles. The van der Waals surface area contributed by atoms with Crippen molar-refractivity contribution < 1.29 is 29.4 Å². The fraction of sp³-hybridized carbons (Fsp3) is 0.714. The first-order valence-electron chi connectivity index (χ1n) is 7.89. The first-order valence-corrected chi connectivity index (χ1v) is 7.89. The molecule has 3 amide bonds. The molecule has 0 aromatic rings. The number of carbonyl (C=O) groups excluding carboxylic acids is 3. The van der Waals surface area contributed by atoms with Crippen LogP contribution < -0.4 is 27.4 Å². The summed E-state index contributed by atoms with van der Waals surface area (Å²) in [5.41, 5.74) is 11.0. The highest BCUT2D eigenvalue weighted by Gasteiger charge is 2.24. The molecular formula is C14H27N5O6. The van der Waals surface area contributed by atoms with Crippen molar-refractivity contribution in [2.75, 3.05) is 19.7 Å². The van der Waals surface area contributed by atoms with Gasteiger partial charge in [0.2, 0.25) is 17.7 Å². The third-order valence-electron chi connectivity index (χ3n) is 3.29. The zero-order chi connectivity index (χ0) is 19.4. The molecule has 0 aliphatic heterocycles. The van der Waals surface area contributed by atoms with Crippen molar-refractivity contribution in [2.24, 2.45) is 11.5 Å². The third kappa shape index (κ3) is 9.59. The summed E-state index contributed by atoms with van der Waals surface area (Å²) in [6, 6.07) is -3.28. The normalized spacial score (nSPS) is 14.1. The zero-order valence-electron chi connectivity index (χ0n) is 14.2. The Labute approximate surface area is 145 Å². The molecule has 11 heteroatoms. The molecule has 0 spiro atoms. The Morgan fingerprint density at radius 3 is 2.24 bits per heavy atom. The number of rotatable bonds is 12. The Kier molecular flexibility index (Phi) is 11.1. The van der Waals surface area contributed by atoms with E-state index < -0.39 is 55.0 Å². The Morgan fingerprint density at radius 1 is 1.08 bits per heavy atom. The van der Waals surface area contributed by atoms with E-state index in [1.54, 1.807) is 0 Å². The Bertz CT molecular complexity index is 473.